The first-order chi connectivity index (χ1) is 12.1. The quantitative estimate of drug-likeness (QED) is 0.341. The summed E-state index contributed by atoms with van der Waals surface area (Å²) in [7, 11) is 0. The summed E-state index contributed by atoms with van der Waals surface area (Å²) >= 11 is 0. The number of ether oxygens (including phenoxy) is 3. The first-order valence-electron chi connectivity index (χ1n) is 8.68. The molecule has 3 aliphatic rings. The predicted molar refractivity (Wildman–Crippen MR) is 89.6 cm³/mol. The fraction of sp³-hybridized carbons (Fsp3) is 0.632. The zero-order valence-electron chi connectivity index (χ0n) is 15.2. The number of esters is 3. The summed E-state index contributed by atoms with van der Waals surface area (Å²) in [5, 5.41) is 10.5. The molecule has 26 heavy (non-hydrogen) atoms. The van der Waals surface area contributed by atoms with Gasteiger partial charge in [0.25, 0.3) is 0 Å². The van der Waals surface area contributed by atoms with Gasteiger partial charge in [0.2, 0.25) is 0 Å². The Morgan fingerprint density at radius 2 is 1.69 bits per heavy atom. The Labute approximate surface area is 152 Å². The average Bonchev–Trinajstić information content (AvgIpc) is 2.79. The van der Waals surface area contributed by atoms with E-state index >= 15 is 0 Å². The molecule has 0 amide bonds. The summed E-state index contributed by atoms with van der Waals surface area (Å²) in [6.07, 6.45) is -2.35. The van der Waals surface area contributed by atoms with Crippen molar-refractivity contribution in [2.45, 2.75) is 58.0 Å². The summed E-state index contributed by atoms with van der Waals surface area (Å²) < 4.78 is 16.6. The van der Waals surface area contributed by atoms with Crippen molar-refractivity contribution in [3.8, 4) is 0 Å². The van der Waals surface area contributed by atoms with Gasteiger partial charge in [0.15, 0.2) is 0 Å². The second-order valence-corrected chi connectivity index (χ2v) is 7.60. The molecule has 7 unspecified atom stereocenters. The van der Waals surface area contributed by atoms with Crippen LogP contribution >= 0.6 is 0 Å². The summed E-state index contributed by atoms with van der Waals surface area (Å²) in [5.41, 5.74) is -0.0592. The van der Waals surface area contributed by atoms with Crippen LogP contribution in [0.5, 0.6) is 0 Å². The zero-order chi connectivity index (χ0) is 19.4. The maximum Gasteiger partial charge on any atom is 0.334 e. The lowest BCUT2D eigenvalue weighted by Crippen LogP contribution is -2.63. The molecule has 1 heterocycles. The van der Waals surface area contributed by atoms with Crippen molar-refractivity contribution in [3.05, 3.63) is 24.3 Å². The van der Waals surface area contributed by atoms with Gasteiger partial charge in [0.05, 0.1) is 11.5 Å². The number of aliphatic hydroxyl groups excluding tert-OH is 1. The molecule has 0 aromatic heterocycles. The predicted octanol–water partition coefficient (Wildman–Crippen LogP) is 1.29. The van der Waals surface area contributed by atoms with Crippen LogP contribution in [-0.2, 0) is 28.6 Å². The van der Waals surface area contributed by atoms with Gasteiger partial charge in [-0.2, -0.15) is 0 Å². The zero-order valence-corrected chi connectivity index (χ0v) is 15.2. The number of aliphatic hydroxyl groups is 1. The molecule has 1 N–H and O–H groups in total. The maximum atomic E-state index is 12.1. The van der Waals surface area contributed by atoms with E-state index in [0.29, 0.717) is 17.6 Å². The third-order valence-corrected chi connectivity index (χ3v) is 6.08. The second kappa shape index (κ2) is 6.23. The van der Waals surface area contributed by atoms with Gasteiger partial charge in [0, 0.05) is 37.7 Å². The molecule has 7 nitrogen and oxygen atoms in total. The van der Waals surface area contributed by atoms with E-state index in [9.17, 15) is 19.5 Å². The fourth-order valence-electron chi connectivity index (χ4n) is 4.83. The minimum atomic E-state index is -0.915. The number of carbonyl (C=O) groups excluding carboxylic acids is 3. The molecular weight excluding hydrogens is 340 g/mol. The lowest BCUT2D eigenvalue weighted by atomic mass is 9.52. The number of hydrogen-bond acceptors (Lipinski definition) is 7. The fourth-order valence-corrected chi connectivity index (χ4v) is 4.83. The minimum Gasteiger partial charge on any atom is -0.462 e. The molecule has 0 spiro atoms. The molecule has 3 fully saturated rings. The third kappa shape index (κ3) is 2.65. The highest BCUT2D eigenvalue weighted by atomic mass is 16.6. The van der Waals surface area contributed by atoms with Gasteiger partial charge < -0.3 is 19.3 Å². The standard InChI is InChI=1S/C19H24O7/c1-8-12-6-14(24-10(3)20)19(5)15(25-11(4)21)7-13(22)9(2)16(19)17(12)26-18(8)23/h12-17,22H,1-2,6-7H2,3-5H3. The van der Waals surface area contributed by atoms with Crippen molar-refractivity contribution in [3.63, 3.8) is 0 Å². The van der Waals surface area contributed by atoms with Gasteiger partial charge >= 0.3 is 17.9 Å². The number of hydrogen-bond donors (Lipinski definition) is 1. The Morgan fingerprint density at radius 1 is 1.15 bits per heavy atom. The molecule has 2 aliphatic carbocycles. The van der Waals surface area contributed by atoms with Crippen LogP contribution in [0.15, 0.2) is 24.3 Å². The van der Waals surface area contributed by atoms with Crippen molar-refractivity contribution in [2.24, 2.45) is 17.3 Å². The summed E-state index contributed by atoms with van der Waals surface area (Å²) in [4.78, 5) is 35.5. The largest absolute Gasteiger partial charge is 0.462 e. The van der Waals surface area contributed by atoms with Crippen LogP contribution in [0.4, 0.5) is 0 Å². The van der Waals surface area contributed by atoms with Gasteiger partial charge in [-0.05, 0) is 12.0 Å². The van der Waals surface area contributed by atoms with Crippen LogP contribution in [0.25, 0.3) is 0 Å². The van der Waals surface area contributed by atoms with Gasteiger partial charge in [-0.1, -0.05) is 20.1 Å². The van der Waals surface area contributed by atoms with Crippen LogP contribution < -0.4 is 0 Å². The monoisotopic (exact) mass is 364 g/mol. The topological polar surface area (TPSA) is 99.1 Å². The van der Waals surface area contributed by atoms with Crippen LogP contribution in [0.1, 0.15) is 33.6 Å². The Kier molecular flexibility index (Phi) is 4.46. The summed E-state index contributed by atoms with van der Waals surface area (Å²) in [6, 6.07) is 0. The molecule has 7 atom stereocenters. The molecule has 0 aromatic rings. The van der Waals surface area contributed by atoms with Crippen molar-refractivity contribution in [2.75, 3.05) is 0 Å². The molecule has 0 aromatic carbocycles. The molecule has 7 heteroatoms. The molecule has 1 aliphatic heterocycles. The van der Waals surface area contributed by atoms with E-state index < -0.39 is 53.7 Å². The van der Waals surface area contributed by atoms with Crippen LogP contribution in [0, 0.1) is 17.3 Å². The Morgan fingerprint density at radius 3 is 2.23 bits per heavy atom. The van der Waals surface area contributed by atoms with E-state index in [1.807, 2.05) is 6.92 Å². The van der Waals surface area contributed by atoms with Gasteiger partial charge in [-0.25, -0.2) is 4.79 Å². The minimum absolute atomic E-state index is 0.148. The second-order valence-electron chi connectivity index (χ2n) is 7.60. The number of rotatable bonds is 2. The van der Waals surface area contributed by atoms with Crippen LogP contribution in [-0.4, -0.2) is 47.4 Å². The van der Waals surface area contributed by atoms with Crippen molar-refractivity contribution >= 4 is 17.9 Å². The Balaban J connectivity index is 2.10. The summed E-state index contributed by atoms with van der Waals surface area (Å²) in [5.74, 6) is -2.33. The SMILES string of the molecule is C=C1C(=O)OC2C1CC(OC(C)=O)C1(C)C(OC(C)=O)CC(O)C(=C)C21. The summed E-state index contributed by atoms with van der Waals surface area (Å²) in [6.45, 7) is 12.3. The maximum absolute atomic E-state index is 12.1. The van der Waals surface area contributed by atoms with Crippen molar-refractivity contribution in [1.82, 2.24) is 0 Å². The highest BCUT2D eigenvalue weighted by Crippen LogP contribution is 2.58. The Hall–Kier alpha value is -2.15. The normalized spacial score (nSPS) is 41.8. The van der Waals surface area contributed by atoms with E-state index in [2.05, 4.69) is 13.2 Å². The van der Waals surface area contributed by atoms with E-state index in [1.165, 1.54) is 13.8 Å². The lowest BCUT2D eigenvalue weighted by Gasteiger charge is -2.57. The first-order valence-corrected chi connectivity index (χ1v) is 8.68. The smallest absolute Gasteiger partial charge is 0.334 e. The average molecular weight is 364 g/mol. The van der Waals surface area contributed by atoms with Crippen molar-refractivity contribution < 1.29 is 33.7 Å². The van der Waals surface area contributed by atoms with E-state index in [4.69, 9.17) is 14.2 Å². The highest BCUT2D eigenvalue weighted by molar-refractivity contribution is 5.91. The molecule has 1 saturated heterocycles. The van der Waals surface area contributed by atoms with E-state index in [-0.39, 0.29) is 12.3 Å². The molecule has 0 bridgehead atoms. The van der Waals surface area contributed by atoms with Crippen LogP contribution in [0.3, 0.4) is 0 Å². The number of fused-ring (bicyclic) bond motifs is 3. The van der Waals surface area contributed by atoms with Crippen molar-refractivity contribution in [1.29, 1.82) is 0 Å². The van der Waals surface area contributed by atoms with E-state index in [1.54, 1.807) is 0 Å². The van der Waals surface area contributed by atoms with Gasteiger partial charge in [-0.15, -0.1) is 0 Å². The van der Waals surface area contributed by atoms with Gasteiger partial charge in [-0.3, -0.25) is 9.59 Å². The molecule has 2 saturated carbocycles. The Bertz CT molecular complexity index is 696. The highest BCUT2D eigenvalue weighted by Gasteiger charge is 2.65. The molecule has 0 radical (unpaired) electrons. The van der Waals surface area contributed by atoms with Gasteiger partial charge in [0.1, 0.15) is 18.3 Å². The molecule has 3 rings (SSSR count). The molecular formula is C19H24O7. The lowest BCUT2D eigenvalue weighted by molar-refractivity contribution is -0.211. The third-order valence-electron chi connectivity index (χ3n) is 6.08. The van der Waals surface area contributed by atoms with E-state index in [0.717, 1.165) is 0 Å². The van der Waals surface area contributed by atoms with Crippen LogP contribution in [0.2, 0.25) is 0 Å². The molecule has 142 valence electrons. The number of carbonyl (C=O) groups is 3. The first kappa shape index (κ1) is 18.6.